The monoisotopic (exact) mass is 438 g/mol. The van der Waals surface area contributed by atoms with Gasteiger partial charge >= 0.3 is 17.9 Å². The van der Waals surface area contributed by atoms with Crippen molar-refractivity contribution in [2.24, 2.45) is 0 Å². The van der Waals surface area contributed by atoms with Crippen LogP contribution in [0, 0.1) is 0 Å². The minimum absolute atomic E-state index is 0.00810. The van der Waals surface area contributed by atoms with Crippen LogP contribution in [0.25, 0.3) is 0 Å². The molecule has 0 radical (unpaired) electrons. The van der Waals surface area contributed by atoms with E-state index in [0.717, 1.165) is 6.08 Å². The largest absolute Gasteiger partial charge is 0.469 e. The second-order valence-corrected chi connectivity index (χ2v) is 5.58. The average Bonchev–Trinajstić information content (AvgIpc) is 2.76. The normalized spacial score (nSPS) is 8.52. The molecule has 31 heavy (non-hydrogen) atoms. The molecular weight excluding hydrogens is 408 g/mol. The first-order valence-electron chi connectivity index (χ1n) is 8.78. The van der Waals surface area contributed by atoms with Crippen molar-refractivity contribution in [3.63, 3.8) is 0 Å². The van der Waals surface area contributed by atoms with Crippen molar-refractivity contribution in [3.05, 3.63) is 49.6 Å². The minimum Gasteiger partial charge on any atom is -0.469 e. The van der Waals surface area contributed by atoms with Gasteiger partial charge in [-0.2, -0.15) is 0 Å². The van der Waals surface area contributed by atoms with E-state index in [0.29, 0.717) is 0 Å². The molecule has 172 valence electrons. The Hall–Kier alpha value is -3.62. The summed E-state index contributed by atoms with van der Waals surface area (Å²) in [6, 6.07) is 0. The SMILES string of the molecule is C=C(CC(=O)OC)C(C)=O.C=CC(=O)C(=C)CC(=O)OC.C=CC(=O)CCC(=O)OC. The summed E-state index contributed by atoms with van der Waals surface area (Å²) in [6.45, 7) is 14.7. The van der Waals surface area contributed by atoms with Crippen LogP contribution in [-0.2, 0) is 43.0 Å². The topological polar surface area (TPSA) is 130 Å². The van der Waals surface area contributed by atoms with Crippen LogP contribution in [0.1, 0.15) is 32.6 Å². The molecule has 0 atom stereocenters. The molecule has 9 nitrogen and oxygen atoms in total. The number of ketones is 3. The van der Waals surface area contributed by atoms with Gasteiger partial charge < -0.3 is 14.2 Å². The summed E-state index contributed by atoms with van der Waals surface area (Å²) in [5, 5.41) is 0. The van der Waals surface area contributed by atoms with Gasteiger partial charge in [0.25, 0.3) is 0 Å². The molecular formula is C22H30O9. The van der Waals surface area contributed by atoms with Crippen molar-refractivity contribution in [3.8, 4) is 0 Å². The van der Waals surface area contributed by atoms with Crippen LogP contribution in [0.2, 0.25) is 0 Å². The Balaban J connectivity index is -0.000000380. The fraction of sp³-hybridized carbons (Fsp3) is 0.364. The molecule has 0 saturated carbocycles. The molecule has 0 fully saturated rings. The van der Waals surface area contributed by atoms with E-state index in [9.17, 15) is 28.8 Å². The lowest BCUT2D eigenvalue weighted by Gasteiger charge is -1.98. The maximum atomic E-state index is 10.7. The van der Waals surface area contributed by atoms with Crippen LogP contribution in [0.4, 0.5) is 0 Å². The number of Topliss-reactive ketones (excluding diaryl/α,β-unsaturated/α-hetero) is 1. The summed E-state index contributed by atoms with van der Waals surface area (Å²) in [5.74, 6) is -1.90. The van der Waals surface area contributed by atoms with E-state index in [2.05, 4.69) is 40.5 Å². The first-order chi connectivity index (χ1) is 14.4. The third-order valence-electron chi connectivity index (χ3n) is 3.23. The Morgan fingerprint density at radius 2 is 1.10 bits per heavy atom. The third-order valence-corrected chi connectivity index (χ3v) is 3.23. The fourth-order valence-electron chi connectivity index (χ4n) is 1.28. The Morgan fingerprint density at radius 1 is 0.677 bits per heavy atom. The van der Waals surface area contributed by atoms with E-state index >= 15 is 0 Å². The number of ether oxygens (including phenoxy) is 3. The standard InChI is InChI=1S/C8H10O3.2C7H10O3/c1-4-7(9)6(2)5-8(10)11-3;1-5(6(2)8)4-7(9)10-3;1-3-6(8)4-5-7(9)10-2/h4H,1-2,5H2,3H3;1,4H2,2-3H3;3H,1,4-5H2,2H3. The van der Waals surface area contributed by atoms with Gasteiger partial charge in [-0.3, -0.25) is 28.8 Å². The number of carbonyl (C=O) groups is 6. The third kappa shape index (κ3) is 20.9. The molecule has 0 aliphatic rings. The fourth-order valence-corrected chi connectivity index (χ4v) is 1.28. The van der Waals surface area contributed by atoms with Gasteiger partial charge in [0.05, 0.1) is 40.6 Å². The predicted molar refractivity (Wildman–Crippen MR) is 114 cm³/mol. The number of methoxy groups -OCH3 is 3. The lowest BCUT2D eigenvalue weighted by Crippen LogP contribution is -2.06. The summed E-state index contributed by atoms with van der Waals surface area (Å²) in [7, 11) is 3.82. The second kappa shape index (κ2) is 19.7. The van der Waals surface area contributed by atoms with Crippen molar-refractivity contribution in [2.45, 2.75) is 32.6 Å². The maximum absolute atomic E-state index is 10.7. The molecule has 9 heteroatoms. The summed E-state index contributed by atoms with van der Waals surface area (Å²) in [4.78, 5) is 63.2. The van der Waals surface area contributed by atoms with E-state index in [-0.39, 0.29) is 60.1 Å². The smallest absolute Gasteiger partial charge is 0.310 e. The maximum Gasteiger partial charge on any atom is 0.310 e. The zero-order valence-corrected chi connectivity index (χ0v) is 18.5. The molecule has 0 bridgehead atoms. The number of hydrogen-bond donors (Lipinski definition) is 0. The van der Waals surface area contributed by atoms with E-state index in [1.54, 1.807) is 0 Å². The highest BCUT2D eigenvalue weighted by Gasteiger charge is 2.08. The van der Waals surface area contributed by atoms with Crippen LogP contribution in [0.3, 0.4) is 0 Å². The van der Waals surface area contributed by atoms with Crippen molar-refractivity contribution < 1.29 is 43.0 Å². The summed E-state index contributed by atoms with van der Waals surface area (Å²) in [6.07, 6.45) is 2.57. The molecule has 0 heterocycles. The van der Waals surface area contributed by atoms with Crippen molar-refractivity contribution in [1.29, 1.82) is 0 Å². The molecule has 0 unspecified atom stereocenters. The molecule has 0 N–H and O–H groups in total. The van der Waals surface area contributed by atoms with Gasteiger partial charge in [0, 0.05) is 12.0 Å². The van der Waals surface area contributed by atoms with Crippen LogP contribution in [-0.4, -0.2) is 56.6 Å². The zero-order valence-electron chi connectivity index (χ0n) is 18.5. The van der Waals surface area contributed by atoms with Crippen LogP contribution in [0.15, 0.2) is 49.6 Å². The van der Waals surface area contributed by atoms with Crippen molar-refractivity contribution in [1.82, 2.24) is 0 Å². The van der Waals surface area contributed by atoms with E-state index in [4.69, 9.17) is 0 Å². The molecule has 0 amide bonds. The molecule has 0 spiro atoms. The Bertz CT molecular complexity index is 712. The van der Waals surface area contributed by atoms with Gasteiger partial charge in [-0.15, -0.1) is 0 Å². The van der Waals surface area contributed by atoms with Crippen molar-refractivity contribution >= 4 is 35.3 Å². The summed E-state index contributed by atoms with van der Waals surface area (Å²) < 4.78 is 13.0. The first-order valence-corrected chi connectivity index (χ1v) is 8.78. The number of carbonyl (C=O) groups excluding carboxylic acids is 6. The van der Waals surface area contributed by atoms with Crippen LogP contribution in [0.5, 0.6) is 0 Å². The van der Waals surface area contributed by atoms with Gasteiger partial charge in [-0.25, -0.2) is 0 Å². The second-order valence-electron chi connectivity index (χ2n) is 5.58. The van der Waals surface area contributed by atoms with Gasteiger partial charge in [0.2, 0.25) is 0 Å². The highest BCUT2D eigenvalue weighted by molar-refractivity contribution is 6.05. The molecule has 0 aromatic heterocycles. The van der Waals surface area contributed by atoms with Gasteiger partial charge in [-0.05, 0) is 24.6 Å². The predicted octanol–water partition coefficient (Wildman–Crippen LogP) is 2.25. The van der Waals surface area contributed by atoms with Crippen LogP contribution >= 0.6 is 0 Å². The lowest BCUT2D eigenvalue weighted by molar-refractivity contribution is -0.141. The highest BCUT2D eigenvalue weighted by atomic mass is 16.5. The van der Waals surface area contributed by atoms with E-state index in [1.165, 1.54) is 34.3 Å². The minimum atomic E-state index is -0.467. The van der Waals surface area contributed by atoms with Gasteiger partial charge in [-0.1, -0.05) is 26.3 Å². The zero-order chi connectivity index (χ0) is 25.0. The summed E-state index contributed by atoms with van der Waals surface area (Å²) >= 11 is 0. The number of rotatable bonds is 11. The lowest BCUT2D eigenvalue weighted by atomic mass is 10.1. The number of esters is 3. The van der Waals surface area contributed by atoms with Gasteiger partial charge in [0.1, 0.15) is 0 Å². The van der Waals surface area contributed by atoms with E-state index in [1.807, 2.05) is 0 Å². The quantitative estimate of drug-likeness (QED) is 0.271. The number of hydrogen-bond acceptors (Lipinski definition) is 9. The van der Waals surface area contributed by atoms with E-state index < -0.39 is 11.9 Å². The summed E-state index contributed by atoms with van der Waals surface area (Å²) in [5.41, 5.74) is 0.485. The first kappa shape index (κ1) is 32.1. The molecule has 0 aromatic carbocycles. The average molecular weight is 438 g/mol. The van der Waals surface area contributed by atoms with Crippen LogP contribution < -0.4 is 0 Å². The molecule has 0 aromatic rings. The Kier molecular flexibility index (Phi) is 20.4. The molecule has 0 aliphatic carbocycles. The Morgan fingerprint density at radius 3 is 1.42 bits per heavy atom. The van der Waals surface area contributed by atoms with Crippen molar-refractivity contribution in [2.75, 3.05) is 21.3 Å². The molecule has 0 rings (SSSR count). The highest BCUT2D eigenvalue weighted by Crippen LogP contribution is 2.01. The Labute approximate surface area is 182 Å². The number of allylic oxidation sites excluding steroid dienone is 2. The molecule has 0 saturated heterocycles. The molecule has 0 aliphatic heterocycles. The van der Waals surface area contributed by atoms with Gasteiger partial charge in [0.15, 0.2) is 17.3 Å².